The smallest absolute Gasteiger partial charge is 0.0629 e. The Labute approximate surface area is 161 Å². The van der Waals surface area contributed by atoms with Gasteiger partial charge in [-0.05, 0) is 60.1 Å². The highest BCUT2D eigenvalue weighted by Crippen LogP contribution is 2.40. The van der Waals surface area contributed by atoms with Gasteiger partial charge < -0.3 is 5.32 Å². The number of rotatable bonds is 5. The average molecular weight is 365 g/mol. The largest absolute Gasteiger partial charge is 0.361 e. The standard InChI is InChI=1S/C23H25ClN2/c1-3-18-14-17(2)21(15-25-19-10-6-4-7-11-19)23(24)22(18)16-26-20-12-8-5-9-13-20/h4-13,15-18,25H,3,14H2,1-2H3/b21-15+,26-16?. The van der Waals surface area contributed by atoms with Crippen molar-refractivity contribution >= 4 is 29.2 Å². The maximum absolute atomic E-state index is 6.83. The molecule has 0 bridgehead atoms. The third-order valence-corrected chi connectivity index (χ3v) is 5.32. The minimum atomic E-state index is 0.414. The summed E-state index contributed by atoms with van der Waals surface area (Å²) in [5.74, 6) is 0.858. The van der Waals surface area contributed by atoms with E-state index in [1.807, 2.05) is 60.9 Å². The van der Waals surface area contributed by atoms with E-state index in [0.29, 0.717) is 11.8 Å². The van der Waals surface area contributed by atoms with Crippen LogP contribution >= 0.6 is 11.6 Å². The van der Waals surface area contributed by atoms with Crippen molar-refractivity contribution in [3.63, 3.8) is 0 Å². The molecule has 0 aromatic heterocycles. The molecule has 1 aliphatic rings. The Balaban J connectivity index is 1.90. The summed E-state index contributed by atoms with van der Waals surface area (Å²) in [6.07, 6.45) is 6.15. The number of nitrogens with zero attached hydrogens (tertiary/aromatic N) is 1. The van der Waals surface area contributed by atoms with E-state index in [9.17, 15) is 0 Å². The maximum atomic E-state index is 6.83. The van der Waals surface area contributed by atoms with Gasteiger partial charge in [-0.3, -0.25) is 4.99 Å². The molecule has 2 atom stereocenters. The van der Waals surface area contributed by atoms with E-state index in [1.54, 1.807) is 0 Å². The molecule has 0 spiro atoms. The molecule has 3 heteroatoms. The number of allylic oxidation sites excluding steroid dienone is 3. The first-order valence-corrected chi connectivity index (χ1v) is 9.57. The summed E-state index contributed by atoms with van der Waals surface area (Å²) in [5, 5.41) is 4.21. The van der Waals surface area contributed by atoms with Crippen LogP contribution in [0.15, 0.2) is 88.0 Å². The van der Waals surface area contributed by atoms with Crippen molar-refractivity contribution in [1.82, 2.24) is 0 Å². The van der Waals surface area contributed by atoms with E-state index in [2.05, 4.69) is 36.3 Å². The molecular weight excluding hydrogens is 340 g/mol. The quantitative estimate of drug-likeness (QED) is 0.570. The van der Waals surface area contributed by atoms with Crippen LogP contribution in [0.3, 0.4) is 0 Å². The molecule has 0 fully saturated rings. The fourth-order valence-electron chi connectivity index (χ4n) is 3.35. The Kier molecular flexibility index (Phi) is 6.30. The Bertz CT molecular complexity index is 807. The van der Waals surface area contributed by atoms with Gasteiger partial charge in [0.1, 0.15) is 0 Å². The van der Waals surface area contributed by atoms with Crippen molar-refractivity contribution in [3.8, 4) is 0 Å². The summed E-state index contributed by atoms with van der Waals surface area (Å²) >= 11 is 6.83. The summed E-state index contributed by atoms with van der Waals surface area (Å²) in [7, 11) is 0. The second-order valence-corrected chi connectivity index (χ2v) is 7.09. The SMILES string of the molecule is CCC1CC(C)/C(=C\Nc2ccccc2)C(Cl)=C1C=Nc1ccccc1. The molecule has 3 rings (SSSR count). The minimum Gasteiger partial charge on any atom is -0.361 e. The van der Waals surface area contributed by atoms with Crippen LogP contribution in [0.4, 0.5) is 11.4 Å². The van der Waals surface area contributed by atoms with Gasteiger partial charge in [-0.1, -0.05) is 61.8 Å². The summed E-state index contributed by atoms with van der Waals surface area (Å²) < 4.78 is 0. The predicted molar refractivity (Wildman–Crippen MR) is 113 cm³/mol. The first-order valence-electron chi connectivity index (χ1n) is 9.19. The first-order chi connectivity index (χ1) is 12.7. The zero-order valence-electron chi connectivity index (χ0n) is 15.3. The second-order valence-electron chi connectivity index (χ2n) is 6.72. The van der Waals surface area contributed by atoms with Crippen LogP contribution in [0.5, 0.6) is 0 Å². The molecule has 0 radical (unpaired) electrons. The third kappa shape index (κ3) is 4.44. The van der Waals surface area contributed by atoms with Gasteiger partial charge in [0.05, 0.1) is 10.7 Å². The highest BCUT2D eigenvalue weighted by Gasteiger charge is 2.28. The molecule has 2 unspecified atom stereocenters. The Morgan fingerprint density at radius 3 is 2.38 bits per heavy atom. The molecule has 2 nitrogen and oxygen atoms in total. The lowest BCUT2D eigenvalue weighted by Gasteiger charge is -2.30. The van der Waals surface area contributed by atoms with Gasteiger partial charge in [0.2, 0.25) is 0 Å². The van der Waals surface area contributed by atoms with E-state index in [1.165, 1.54) is 0 Å². The van der Waals surface area contributed by atoms with Gasteiger partial charge in [0, 0.05) is 18.1 Å². The first kappa shape index (κ1) is 18.5. The Morgan fingerprint density at radius 1 is 1.08 bits per heavy atom. The van der Waals surface area contributed by atoms with Crippen LogP contribution in [0.25, 0.3) is 0 Å². The lowest BCUT2D eigenvalue weighted by molar-refractivity contribution is 0.458. The number of hydrogen-bond donors (Lipinski definition) is 1. The van der Waals surface area contributed by atoms with E-state index < -0.39 is 0 Å². The molecule has 1 N–H and O–H groups in total. The van der Waals surface area contributed by atoms with E-state index in [0.717, 1.165) is 40.4 Å². The molecule has 0 heterocycles. The normalized spacial score (nSPS) is 22.2. The summed E-state index contributed by atoms with van der Waals surface area (Å²) in [4.78, 5) is 4.64. The predicted octanol–water partition coefficient (Wildman–Crippen LogP) is 6.94. The zero-order chi connectivity index (χ0) is 18.4. The van der Waals surface area contributed by atoms with Crippen LogP contribution in [-0.4, -0.2) is 6.21 Å². The summed E-state index contributed by atoms with van der Waals surface area (Å²) in [6.45, 7) is 4.46. The summed E-state index contributed by atoms with van der Waals surface area (Å²) in [6, 6.07) is 20.2. The molecular formula is C23H25ClN2. The summed E-state index contributed by atoms with van der Waals surface area (Å²) in [5.41, 5.74) is 4.30. The molecule has 1 aliphatic carbocycles. The van der Waals surface area contributed by atoms with Gasteiger partial charge in [0.25, 0.3) is 0 Å². The van der Waals surface area contributed by atoms with Crippen molar-refractivity contribution in [2.45, 2.75) is 26.7 Å². The molecule has 26 heavy (non-hydrogen) atoms. The molecule has 0 aliphatic heterocycles. The van der Waals surface area contributed by atoms with Crippen molar-refractivity contribution in [2.24, 2.45) is 16.8 Å². The van der Waals surface area contributed by atoms with Crippen molar-refractivity contribution in [2.75, 3.05) is 5.32 Å². The number of anilines is 1. The zero-order valence-corrected chi connectivity index (χ0v) is 16.1. The maximum Gasteiger partial charge on any atom is 0.0629 e. The number of para-hydroxylation sites is 2. The lowest BCUT2D eigenvalue weighted by atomic mass is 9.78. The van der Waals surface area contributed by atoms with E-state index in [-0.39, 0.29) is 0 Å². The minimum absolute atomic E-state index is 0.414. The van der Waals surface area contributed by atoms with Gasteiger partial charge >= 0.3 is 0 Å². The van der Waals surface area contributed by atoms with E-state index >= 15 is 0 Å². The van der Waals surface area contributed by atoms with Crippen LogP contribution in [0.2, 0.25) is 0 Å². The molecule has 134 valence electrons. The number of nitrogens with one attached hydrogen (secondary N) is 1. The van der Waals surface area contributed by atoms with Gasteiger partial charge in [-0.2, -0.15) is 0 Å². The number of benzene rings is 2. The Hall–Kier alpha value is -2.32. The molecule has 0 saturated carbocycles. The number of hydrogen-bond acceptors (Lipinski definition) is 2. The second kappa shape index (κ2) is 8.86. The fraction of sp³-hybridized carbons (Fsp3) is 0.261. The van der Waals surface area contributed by atoms with Crippen LogP contribution in [-0.2, 0) is 0 Å². The molecule has 0 amide bonds. The van der Waals surface area contributed by atoms with Gasteiger partial charge in [-0.15, -0.1) is 0 Å². The average Bonchev–Trinajstić information content (AvgIpc) is 2.68. The molecule has 2 aromatic carbocycles. The van der Waals surface area contributed by atoms with Crippen molar-refractivity contribution in [3.05, 3.63) is 83.0 Å². The fourth-order valence-corrected chi connectivity index (χ4v) is 3.79. The monoisotopic (exact) mass is 364 g/mol. The van der Waals surface area contributed by atoms with Crippen LogP contribution in [0, 0.1) is 11.8 Å². The van der Waals surface area contributed by atoms with E-state index in [4.69, 9.17) is 11.6 Å². The highest BCUT2D eigenvalue weighted by atomic mass is 35.5. The Morgan fingerprint density at radius 2 is 1.73 bits per heavy atom. The third-order valence-electron chi connectivity index (χ3n) is 4.89. The molecule has 0 saturated heterocycles. The number of aliphatic imine (C=N–C) groups is 1. The van der Waals surface area contributed by atoms with Gasteiger partial charge in [0.15, 0.2) is 0 Å². The van der Waals surface area contributed by atoms with Crippen LogP contribution < -0.4 is 5.32 Å². The van der Waals surface area contributed by atoms with Crippen molar-refractivity contribution in [1.29, 1.82) is 0 Å². The highest BCUT2D eigenvalue weighted by molar-refractivity contribution is 6.34. The van der Waals surface area contributed by atoms with Crippen molar-refractivity contribution < 1.29 is 0 Å². The molecule has 2 aromatic rings. The topological polar surface area (TPSA) is 24.4 Å². The van der Waals surface area contributed by atoms with Crippen LogP contribution in [0.1, 0.15) is 26.7 Å². The number of halogens is 1. The lowest BCUT2D eigenvalue weighted by Crippen LogP contribution is -2.20. The van der Waals surface area contributed by atoms with Gasteiger partial charge in [-0.25, -0.2) is 0 Å².